The molecule has 2 aromatic carbocycles. The van der Waals surface area contributed by atoms with Crippen molar-refractivity contribution >= 4 is 17.2 Å². The van der Waals surface area contributed by atoms with Crippen molar-refractivity contribution in [3.05, 3.63) is 72.1 Å². The van der Waals surface area contributed by atoms with Crippen LogP contribution in [0.5, 0.6) is 17.2 Å². The number of aryl methyl sites for hydroxylation is 1. The summed E-state index contributed by atoms with van der Waals surface area (Å²) in [6.45, 7) is 5.04. The Kier molecular flexibility index (Phi) is 5.15. The average Bonchev–Trinajstić information content (AvgIpc) is 3.23. The summed E-state index contributed by atoms with van der Waals surface area (Å²) in [5, 5.41) is 2.88. The number of amides is 1. The third kappa shape index (κ3) is 3.97. The standard InChI is InChI=1S/C25H23N3O4/c1-16-4-3-5-21(17(16)2)32-15-25(29)26-19-7-9-24-27-20(14-28(24)13-19)18-6-8-22-23(12-18)31-11-10-30-22/h3-9,12-14H,10-11,15H2,1-2H3,(H,26,29). The van der Waals surface area contributed by atoms with E-state index in [1.807, 2.05) is 79.2 Å². The van der Waals surface area contributed by atoms with Crippen LogP contribution < -0.4 is 19.5 Å². The first kappa shape index (κ1) is 19.9. The first-order valence-corrected chi connectivity index (χ1v) is 10.4. The molecule has 7 nitrogen and oxygen atoms in total. The Labute approximate surface area is 185 Å². The maximum Gasteiger partial charge on any atom is 0.262 e. The van der Waals surface area contributed by atoms with Crippen LogP contribution in [0.15, 0.2) is 60.9 Å². The smallest absolute Gasteiger partial charge is 0.262 e. The number of ether oxygens (including phenoxy) is 3. The van der Waals surface area contributed by atoms with Crippen molar-refractivity contribution in [3.63, 3.8) is 0 Å². The molecule has 0 saturated heterocycles. The highest BCUT2D eigenvalue weighted by Crippen LogP contribution is 2.34. The number of aromatic nitrogens is 2. The predicted octanol–water partition coefficient (Wildman–Crippen LogP) is 4.41. The maximum absolute atomic E-state index is 12.4. The number of hydrogen-bond donors (Lipinski definition) is 1. The molecule has 7 heteroatoms. The van der Waals surface area contributed by atoms with Crippen molar-refractivity contribution in [2.75, 3.05) is 25.1 Å². The zero-order valence-corrected chi connectivity index (χ0v) is 17.9. The number of nitrogens with zero attached hydrogens (tertiary/aromatic N) is 2. The van der Waals surface area contributed by atoms with E-state index in [-0.39, 0.29) is 12.5 Å². The van der Waals surface area contributed by atoms with Gasteiger partial charge in [0.05, 0.1) is 11.4 Å². The molecular weight excluding hydrogens is 406 g/mol. The Hall–Kier alpha value is -4.00. The van der Waals surface area contributed by atoms with E-state index in [1.54, 1.807) is 0 Å². The van der Waals surface area contributed by atoms with Crippen LogP contribution in [-0.2, 0) is 4.79 Å². The second kappa shape index (κ2) is 8.26. The predicted molar refractivity (Wildman–Crippen MR) is 122 cm³/mol. The van der Waals surface area contributed by atoms with Gasteiger partial charge in [-0.3, -0.25) is 4.79 Å². The number of fused-ring (bicyclic) bond motifs is 2. The molecule has 1 N–H and O–H groups in total. The van der Waals surface area contributed by atoms with Crippen LogP contribution in [-0.4, -0.2) is 35.1 Å². The monoisotopic (exact) mass is 429 g/mol. The maximum atomic E-state index is 12.4. The first-order valence-electron chi connectivity index (χ1n) is 10.4. The van der Waals surface area contributed by atoms with Crippen molar-refractivity contribution in [2.24, 2.45) is 0 Å². The normalized spacial score (nSPS) is 12.6. The molecule has 0 bridgehead atoms. The topological polar surface area (TPSA) is 74.1 Å². The van der Waals surface area contributed by atoms with Gasteiger partial charge in [-0.15, -0.1) is 0 Å². The number of anilines is 1. The molecule has 0 spiro atoms. The molecule has 4 aromatic rings. The highest BCUT2D eigenvalue weighted by atomic mass is 16.6. The van der Waals surface area contributed by atoms with E-state index in [9.17, 15) is 4.79 Å². The quantitative estimate of drug-likeness (QED) is 0.509. The van der Waals surface area contributed by atoms with Gasteiger partial charge >= 0.3 is 0 Å². The number of carbonyl (C=O) groups is 1. The summed E-state index contributed by atoms with van der Waals surface area (Å²) >= 11 is 0. The van der Waals surface area contributed by atoms with E-state index in [0.717, 1.165) is 39.5 Å². The van der Waals surface area contributed by atoms with Crippen LogP contribution in [0.25, 0.3) is 16.9 Å². The van der Waals surface area contributed by atoms with Crippen molar-refractivity contribution < 1.29 is 19.0 Å². The minimum Gasteiger partial charge on any atom is -0.486 e. The highest BCUT2D eigenvalue weighted by molar-refractivity contribution is 5.92. The SMILES string of the molecule is Cc1cccc(OCC(=O)Nc2ccc3nc(-c4ccc5c(c4)OCCO5)cn3c2)c1C. The number of benzene rings is 2. The van der Waals surface area contributed by atoms with E-state index >= 15 is 0 Å². The Morgan fingerprint density at radius 1 is 1.06 bits per heavy atom. The lowest BCUT2D eigenvalue weighted by Gasteiger charge is -2.18. The van der Waals surface area contributed by atoms with E-state index < -0.39 is 0 Å². The summed E-state index contributed by atoms with van der Waals surface area (Å²) in [6.07, 6.45) is 3.75. The van der Waals surface area contributed by atoms with Crippen LogP contribution in [0, 0.1) is 13.8 Å². The molecule has 1 amide bonds. The van der Waals surface area contributed by atoms with Gasteiger partial charge in [0.2, 0.25) is 0 Å². The number of rotatable bonds is 5. The van der Waals surface area contributed by atoms with Gasteiger partial charge in [-0.25, -0.2) is 4.98 Å². The average molecular weight is 429 g/mol. The Morgan fingerprint density at radius 2 is 1.91 bits per heavy atom. The third-order valence-electron chi connectivity index (χ3n) is 5.49. The van der Waals surface area contributed by atoms with Gasteiger partial charge in [0.1, 0.15) is 24.6 Å². The Balaban J connectivity index is 1.30. The molecule has 0 aliphatic carbocycles. The van der Waals surface area contributed by atoms with E-state index in [1.165, 1.54) is 0 Å². The van der Waals surface area contributed by atoms with E-state index in [0.29, 0.717) is 24.7 Å². The first-order chi connectivity index (χ1) is 15.6. The van der Waals surface area contributed by atoms with E-state index in [4.69, 9.17) is 14.2 Å². The fourth-order valence-corrected chi connectivity index (χ4v) is 3.63. The summed E-state index contributed by atoms with van der Waals surface area (Å²) in [5.41, 5.74) is 5.35. The molecule has 0 fully saturated rings. The molecule has 1 aliphatic heterocycles. The summed E-state index contributed by atoms with van der Waals surface area (Å²) in [6, 6.07) is 15.3. The largest absolute Gasteiger partial charge is 0.486 e. The molecule has 5 rings (SSSR count). The van der Waals surface area contributed by atoms with Crippen molar-refractivity contribution in [1.82, 2.24) is 9.38 Å². The van der Waals surface area contributed by atoms with Crippen LogP contribution >= 0.6 is 0 Å². The minimum atomic E-state index is -0.225. The molecule has 32 heavy (non-hydrogen) atoms. The lowest BCUT2D eigenvalue weighted by atomic mass is 10.1. The molecule has 162 valence electrons. The number of imidazole rings is 1. The molecule has 0 saturated carbocycles. The molecule has 3 heterocycles. The summed E-state index contributed by atoms with van der Waals surface area (Å²) in [5.74, 6) is 1.96. The number of hydrogen-bond acceptors (Lipinski definition) is 5. The zero-order chi connectivity index (χ0) is 22.1. The molecule has 0 atom stereocenters. The lowest BCUT2D eigenvalue weighted by Crippen LogP contribution is -2.20. The number of nitrogens with one attached hydrogen (secondary N) is 1. The van der Waals surface area contributed by atoms with Gasteiger partial charge in [-0.1, -0.05) is 12.1 Å². The summed E-state index contributed by atoms with van der Waals surface area (Å²) in [4.78, 5) is 17.1. The molecule has 0 radical (unpaired) electrons. The van der Waals surface area contributed by atoms with E-state index in [2.05, 4.69) is 10.3 Å². The summed E-state index contributed by atoms with van der Waals surface area (Å²) < 4.78 is 18.8. The van der Waals surface area contributed by atoms with Crippen molar-refractivity contribution in [1.29, 1.82) is 0 Å². The van der Waals surface area contributed by atoms with Crippen LogP contribution in [0.4, 0.5) is 5.69 Å². The van der Waals surface area contributed by atoms with Crippen molar-refractivity contribution in [2.45, 2.75) is 13.8 Å². The summed E-state index contributed by atoms with van der Waals surface area (Å²) in [7, 11) is 0. The van der Waals surface area contributed by atoms with Gasteiger partial charge in [0, 0.05) is 18.0 Å². The number of pyridine rings is 1. The molecular formula is C25H23N3O4. The molecule has 1 aliphatic rings. The second-order valence-corrected chi connectivity index (χ2v) is 7.70. The van der Waals surface area contributed by atoms with Gasteiger partial charge in [0.15, 0.2) is 18.1 Å². The van der Waals surface area contributed by atoms with Gasteiger partial charge < -0.3 is 23.9 Å². The minimum absolute atomic E-state index is 0.0608. The van der Waals surface area contributed by atoms with Gasteiger partial charge in [-0.05, 0) is 61.4 Å². The van der Waals surface area contributed by atoms with Crippen molar-refractivity contribution in [3.8, 4) is 28.5 Å². The van der Waals surface area contributed by atoms with Gasteiger partial charge in [0.25, 0.3) is 5.91 Å². The molecule has 2 aromatic heterocycles. The Bertz CT molecular complexity index is 1310. The van der Waals surface area contributed by atoms with Gasteiger partial charge in [-0.2, -0.15) is 0 Å². The number of carbonyl (C=O) groups excluding carboxylic acids is 1. The fraction of sp³-hybridized carbons (Fsp3) is 0.200. The molecule has 0 unspecified atom stereocenters. The fourth-order valence-electron chi connectivity index (χ4n) is 3.63. The second-order valence-electron chi connectivity index (χ2n) is 7.70. The third-order valence-corrected chi connectivity index (χ3v) is 5.49. The zero-order valence-electron chi connectivity index (χ0n) is 17.9. The van der Waals surface area contributed by atoms with Crippen LogP contribution in [0.3, 0.4) is 0 Å². The lowest BCUT2D eigenvalue weighted by molar-refractivity contribution is -0.118. The van der Waals surface area contributed by atoms with Crippen LogP contribution in [0.1, 0.15) is 11.1 Å². The Morgan fingerprint density at radius 3 is 2.78 bits per heavy atom. The van der Waals surface area contributed by atoms with Crippen LogP contribution in [0.2, 0.25) is 0 Å². The highest BCUT2D eigenvalue weighted by Gasteiger charge is 2.14.